The summed E-state index contributed by atoms with van der Waals surface area (Å²) in [5, 5.41) is 23.0. The molecule has 7 nitrogen and oxygen atoms in total. The number of hydrogen-bond acceptors (Lipinski definition) is 6. The van der Waals surface area contributed by atoms with Gasteiger partial charge in [0, 0.05) is 6.54 Å². The number of rotatable bonds is 4. The van der Waals surface area contributed by atoms with Gasteiger partial charge in [0.1, 0.15) is 5.69 Å². The maximum absolute atomic E-state index is 10.9. The molecule has 98 valence electrons. The molecule has 0 unspecified atom stereocenters. The Morgan fingerprint density at radius 3 is 2.78 bits per heavy atom. The number of aliphatic hydroxyl groups is 1. The van der Waals surface area contributed by atoms with E-state index in [1.165, 1.54) is 6.92 Å². The third-order valence-corrected chi connectivity index (χ3v) is 3.15. The average Bonchev–Trinajstić information content (AvgIpc) is 2.21. The number of nitro groups is 1. The number of hydrogen-bond donors (Lipinski definition) is 2. The summed E-state index contributed by atoms with van der Waals surface area (Å²) < 4.78 is 0. The van der Waals surface area contributed by atoms with E-state index in [-0.39, 0.29) is 28.6 Å². The fourth-order valence-corrected chi connectivity index (χ4v) is 2.19. The minimum atomic E-state index is -0.524. The number of aromatic nitrogens is 2. The van der Waals surface area contributed by atoms with Crippen LogP contribution in [-0.4, -0.2) is 32.6 Å². The smallest absolute Gasteiger partial charge is 0.332 e. The van der Waals surface area contributed by atoms with E-state index in [9.17, 15) is 10.1 Å². The first-order valence-electron chi connectivity index (χ1n) is 5.58. The van der Waals surface area contributed by atoms with Gasteiger partial charge in [-0.15, -0.1) is 0 Å². The van der Waals surface area contributed by atoms with Crippen LogP contribution in [0.25, 0.3) is 0 Å². The van der Waals surface area contributed by atoms with Crippen molar-refractivity contribution in [3.05, 3.63) is 21.1 Å². The van der Waals surface area contributed by atoms with Crippen molar-refractivity contribution in [1.29, 1.82) is 0 Å². The van der Waals surface area contributed by atoms with Crippen LogP contribution in [0.5, 0.6) is 0 Å². The summed E-state index contributed by atoms with van der Waals surface area (Å²) in [5.74, 6) is 0.451. The molecule has 2 N–H and O–H groups in total. The summed E-state index contributed by atoms with van der Waals surface area (Å²) >= 11 is 5.69. The normalized spacial score (nSPS) is 22.4. The Morgan fingerprint density at radius 2 is 2.22 bits per heavy atom. The van der Waals surface area contributed by atoms with Crippen molar-refractivity contribution in [3.8, 4) is 0 Å². The number of aliphatic hydroxyl groups excluding tert-OH is 1. The van der Waals surface area contributed by atoms with Crippen molar-refractivity contribution < 1.29 is 10.0 Å². The standard InChI is InChI=1S/C10H13ClN4O3/c1-5-8(15(17)18)9(14-10(11)13-5)12-4-6-2-7(16)3-6/h6-7,16H,2-4H2,1H3,(H,12,13,14). The van der Waals surface area contributed by atoms with Crippen LogP contribution in [0, 0.1) is 23.0 Å². The molecule has 1 aliphatic rings. The maximum Gasteiger partial charge on any atom is 0.332 e. The van der Waals surface area contributed by atoms with Gasteiger partial charge in [-0.2, -0.15) is 4.98 Å². The topological polar surface area (TPSA) is 101 Å². The lowest BCUT2D eigenvalue weighted by Gasteiger charge is -2.31. The van der Waals surface area contributed by atoms with E-state index in [4.69, 9.17) is 16.7 Å². The van der Waals surface area contributed by atoms with E-state index >= 15 is 0 Å². The monoisotopic (exact) mass is 272 g/mol. The zero-order chi connectivity index (χ0) is 13.3. The van der Waals surface area contributed by atoms with E-state index in [2.05, 4.69) is 15.3 Å². The lowest BCUT2D eigenvalue weighted by Crippen LogP contribution is -2.33. The van der Waals surface area contributed by atoms with Gasteiger partial charge in [-0.1, -0.05) is 0 Å². The second-order valence-corrected chi connectivity index (χ2v) is 4.74. The summed E-state index contributed by atoms with van der Waals surface area (Å²) in [5.41, 5.74) is 0.0791. The molecule has 0 radical (unpaired) electrons. The molecule has 1 fully saturated rings. The van der Waals surface area contributed by atoms with Crippen molar-refractivity contribution in [2.75, 3.05) is 11.9 Å². The van der Waals surface area contributed by atoms with Gasteiger partial charge in [0.25, 0.3) is 0 Å². The molecule has 0 bridgehead atoms. The van der Waals surface area contributed by atoms with Crippen LogP contribution in [0.15, 0.2) is 0 Å². The highest BCUT2D eigenvalue weighted by molar-refractivity contribution is 6.28. The van der Waals surface area contributed by atoms with Crippen molar-refractivity contribution in [2.24, 2.45) is 5.92 Å². The van der Waals surface area contributed by atoms with E-state index < -0.39 is 4.92 Å². The fourth-order valence-electron chi connectivity index (χ4n) is 1.98. The molecule has 1 aromatic rings. The number of halogens is 1. The van der Waals surface area contributed by atoms with Crippen LogP contribution in [0.4, 0.5) is 11.5 Å². The summed E-state index contributed by atoms with van der Waals surface area (Å²) in [7, 11) is 0. The van der Waals surface area contributed by atoms with Crippen molar-refractivity contribution in [1.82, 2.24) is 9.97 Å². The van der Waals surface area contributed by atoms with Gasteiger partial charge in [0.2, 0.25) is 11.1 Å². The van der Waals surface area contributed by atoms with Gasteiger partial charge in [0.05, 0.1) is 11.0 Å². The first kappa shape index (κ1) is 13.0. The molecule has 18 heavy (non-hydrogen) atoms. The second kappa shape index (κ2) is 5.03. The van der Waals surface area contributed by atoms with Crippen molar-refractivity contribution in [2.45, 2.75) is 25.9 Å². The Bertz CT molecular complexity index is 476. The minimum Gasteiger partial charge on any atom is -0.393 e. The van der Waals surface area contributed by atoms with Gasteiger partial charge in [0.15, 0.2) is 0 Å². The molecule has 1 aliphatic carbocycles. The van der Waals surface area contributed by atoms with Gasteiger partial charge in [-0.3, -0.25) is 10.1 Å². The summed E-state index contributed by atoms with van der Waals surface area (Å²) in [4.78, 5) is 18.0. The maximum atomic E-state index is 10.9. The third kappa shape index (κ3) is 2.68. The molecule has 1 heterocycles. The predicted octanol–water partition coefficient (Wildman–Crippen LogP) is 1.53. The Hall–Kier alpha value is -1.47. The third-order valence-electron chi connectivity index (χ3n) is 2.98. The molecular formula is C10H13ClN4O3. The van der Waals surface area contributed by atoms with Gasteiger partial charge in [-0.05, 0) is 37.3 Å². The SMILES string of the molecule is Cc1nc(Cl)nc(NCC2CC(O)C2)c1[N+](=O)[O-]. The molecule has 0 saturated heterocycles. The molecule has 0 aliphatic heterocycles. The fraction of sp³-hybridized carbons (Fsp3) is 0.600. The quantitative estimate of drug-likeness (QED) is 0.490. The van der Waals surface area contributed by atoms with Gasteiger partial charge < -0.3 is 10.4 Å². The molecule has 1 aromatic heterocycles. The molecule has 8 heteroatoms. The Kier molecular flexibility index (Phi) is 3.63. The van der Waals surface area contributed by atoms with Crippen molar-refractivity contribution in [3.63, 3.8) is 0 Å². The molecular weight excluding hydrogens is 260 g/mol. The molecule has 0 atom stereocenters. The molecule has 0 amide bonds. The molecule has 1 saturated carbocycles. The van der Waals surface area contributed by atoms with Gasteiger partial charge in [-0.25, -0.2) is 4.98 Å². The highest BCUT2D eigenvalue weighted by atomic mass is 35.5. The zero-order valence-electron chi connectivity index (χ0n) is 9.76. The van der Waals surface area contributed by atoms with Crippen LogP contribution in [0.2, 0.25) is 5.28 Å². The summed E-state index contributed by atoms with van der Waals surface area (Å²) in [6.45, 7) is 2.05. The van der Waals surface area contributed by atoms with Crippen LogP contribution < -0.4 is 5.32 Å². The number of nitrogens with zero attached hydrogens (tertiary/aromatic N) is 3. The second-order valence-electron chi connectivity index (χ2n) is 4.40. The summed E-state index contributed by atoms with van der Waals surface area (Å²) in [6, 6.07) is 0. The number of nitrogens with one attached hydrogen (secondary N) is 1. The van der Waals surface area contributed by atoms with Crippen LogP contribution >= 0.6 is 11.6 Å². The lowest BCUT2D eigenvalue weighted by molar-refractivity contribution is -0.385. The Labute approximate surface area is 108 Å². The molecule has 0 spiro atoms. The highest BCUT2D eigenvalue weighted by Gasteiger charge is 2.28. The Morgan fingerprint density at radius 1 is 1.56 bits per heavy atom. The van der Waals surface area contributed by atoms with Crippen LogP contribution in [0.3, 0.4) is 0 Å². The first-order valence-corrected chi connectivity index (χ1v) is 5.95. The lowest BCUT2D eigenvalue weighted by atomic mass is 9.82. The molecule has 2 rings (SSSR count). The predicted molar refractivity (Wildman–Crippen MR) is 65.7 cm³/mol. The largest absolute Gasteiger partial charge is 0.393 e. The Balaban J connectivity index is 2.12. The number of aryl methyl sites for hydroxylation is 1. The van der Waals surface area contributed by atoms with Gasteiger partial charge >= 0.3 is 5.69 Å². The first-order chi connectivity index (χ1) is 8.47. The van der Waals surface area contributed by atoms with Crippen LogP contribution in [0.1, 0.15) is 18.5 Å². The van der Waals surface area contributed by atoms with Crippen molar-refractivity contribution >= 4 is 23.1 Å². The van der Waals surface area contributed by atoms with E-state index in [0.29, 0.717) is 25.3 Å². The average molecular weight is 273 g/mol. The van der Waals surface area contributed by atoms with Crippen LogP contribution in [-0.2, 0) is 0 Å². The van der Waals surface area contributed by atoms with E-state index in [0.717, 1.165) is 0 Å². The number of anilines is 1. The molecule has 0 aromatic carbocycles. The minimum absolute atomic E-state index is 0.0192. The van der Waals surface area contributed by atoms with E-state index in [1.807, 2.05) is 0 Å². The van der Waals surface area contributed by atoms with E-state index in [1.54, 1.807) is 0 Å². The summed E-state index contributed by atoms with van der Waals surface area (Å²) in [6.07, 6.45) is 1.17. The highest BCUT2D eigenvalue weighted by Crippen LogP contribution is 2.30. The zero-order valence-corrected chi connectivity index (χ0v) is 10.5.